The average molecular weight is 328 g/mol. The number of fused-ring (bicyclic) bond motifs is 1. The van der Waals surface area contributed by atoms with E-state index in [4.69, 9.17) is 9.47 Å². The number of benzene rings is 2. The standard InChI is InChI=1S/C18H17FN2O3/c19-16-4-2-1-3-13(16)10-23-11-14(22)12-24-15-5-6-17-18(9-15)21-8-7-20-17/h1-9,14,22H,10-12H2. The Kier molecular flexibility index (Phi) is 5.30. The van der Waals surface area contributed by atoms with E-state index in [2.05, 4.69) is 9.97 Å². The van der Waals surface area contributed by atoms with Crippen molar-refractivity contribution in [3.05, 3.63) is 66.2 Å². The number of halogens is 1. The molecule has 2 aromatic carbocycles. The van der Waals surface area contributed by atoms with E-state index in [9.17, 15) is 9.50 Å². The van der Waals surface area contributed by atoms with Gasteiger partial charge in [0.1, 0.15) is 24.3 Å². The highest BCUT2D eigenvalue weighted by Crippen LogP contribution is 2.17. The maximum absolute atomic E-state index is 13.4. The fourth-order valence-electron chi connectivity index (χ4n) is 2.19. The molecule has 0 amide bonds. The van der Waals surface area contributed by atoms with E-state index in [1.165, 1.54) is 6.07 Å². The van der Waals surface area contributed by atoms with Gasteiger partial charge in [0.25, 0.3) is 0 Å². The fraction of sp³-hybridized carbons (Fsp3) is 0.222. The van der Waals surface area contributed by atoms with Gasteiger partial charge in [0.05, 0.1) is 24.2 Å². The molecular formula is C18H17FN2O3. The van der Waals surface area contributed by atoms with Crippen LogP contribution in [-0.2, 0) is 11.3 Å². The first-order valence-corrected chi connectivity index (χ1v) is 7.55. The monoisotopic (exact) mass is 328 g/mol. The molecule has 124 valence electrons. The van der Waals surface area contributed by atoms with Gasteiger partial charge in [-0.05, 0) is 18.2 Å². The summed E-state index contributed by atoms with van der Waals surface area (Å²) in [6.45, 7) is 0.236. The molecule has 1 unspecified atom stereocenters. The summed E-state index contributed by atoms with van der Waals surface area (Å²) in [6, 6.07) is 11.7. The molecule has 6 heteroatoms. The minimum Gasteiger partial charge on any atom is -0.491 e. The highest BCUT2D eigenvalue weighted by atomic mass is 19.1. The van der Waals surface area contributed by atoms with Crippen LogP contribution in [0, 0.1) is 5.82 Å². The van der Waals surface area contributed by atoms with Crippen LogP contribution in [0.5, 0.6) is 5.75 Å². The molecule has 1 N–H and O–H groups in total. The van der Waals surface area contributed by atoms with Crippen LogP contribution in [0.2, 0.25) is 0 Å². The van der Waals surface area contributed by atoms with E-state index in [1.54, 1.807) is 48.8 Å². The number of rotatable bonds is 7. The van der Waals surface area contributed by atoms with Crippen molar-refractivity contribution >= 4 is 11.0 Å². The Labute approximate surface area is 138 Å². The first-order valence-electron chi connectivity index (χ1n) is 7.55. The summed E-state index contributed by atoms with van der Waals surface area (Å²) in [5.74, 6) is 0.275. The van der Waals surface area contributed by atoms with Crippen molar-refractivity contribution in [1.82, 2.24) is 9.97 Å². The van der Waals surface area contributed by atoms with Crippen LogP contribution in [-0.4, -0.2) is 34.4 Å². The van der Waals surface area contributed by atoms with Crippen LogP contribution < -0.4 is 4.74 Å². The van der Waals surface area contributed by atoms with Gasteiger partial charge in [0.2, 0.25) is 0 Å². The summed E-state index contributed by atoms with van der Waals surface area (Å²) in [5, 5.41) is 9.90. The number of nitrogens with zero attached hydrogens (tertiary/aromatic N) is 2. The van der Waals surface area contributed by atoms with Crippen molar-refractivity contribution in [3.63, 3.8) is 0 Å². The molecule has 1 heterocycles. The van der Waals surface area contributed by atoms with Gasteiger partial charge in [-0.25, -0.2) is 4.39 Å². The summed E-state index contributed by atoms with van der Waals surface area (Å²) >= 11 is 0. The van der Waals surface area contributed by atoms with Crippen LogP contribution >= 0.6 is 0 Å². The molecule has 0 aliphatic heterocycles. The van der Waals surface area contributed by atoms with Crippen molar-refractivity contribution in [1.29, 1.82) is 0 Å². The summed E-state index contributed by atoms with van der Waals surface area (Å²) in [6.07, 6.45) is 2.42. The molecule has 0 radical (unpaired) electrons. The lowest BCUT2D eigenvalue weighted by atomic mass is 10.2. The van der Waals surface area contributed by atoms with E-state index >= 15 is 0 Å². The summed E-state index contributed by atoms with van der Waals surface area (Å²) < 4.78 is 24.3. The molecule has 3 rings (SSSR count). The second-order valence-electron chi connectivity index (χ2n) is 5.28. The highest BCUT2D eigenvalue weighted by molar-refractivity contribution is 5.75. The van der Waals surface area contributed by atoms with E-state index in [0.29, 0.717) is 11.3 Å². The van der Waals surface area contributed by atoms with Gasteiger partial charge in [-0.1, -0.05) is 18.2 Å². The molecule has 0 bridgehead atoms. The Hall–Kier alpha value is -2.57. The third-order valence-electron chi connectivity index (χ3n) is 3.41. The molecule has 1 atom stereocenters. The molecule has 3 aromatic rings. The molecule has 0 aliphatic rings. The zero-order valence-corrected chi connectivity index (χ0v) is 12.9. The Morgan fingerprint density at radius 3 is 2.62 bits per heavy atom. The first kappa shape index (κ1) is 16.3. The Morgan fingerprint density at radius 2 is 1.79 bits per heavy atom. The second-order valence-corrected chi connectivity index (χ2v) is 5.28. The summed E-state index contributed by atoms with van der Waals surface area (Å²) in [5.41, 5.74) is 1.96. The first-order chi connectivity index (χ1) is 11.7. The van der Waals surface area contributed by atoms with E-state index in [-0.39, 0.29) is 25.6 Å². The number of aliphatic hydroxyl groups is 1. The summed E-state index contributed by atoms with van der Waals surface area (Å²) in [4.78, 5) is 8.37. The van der Waals surface area contributed by atoms with Gasteiger partial charge >= 0.3 is 0 Å². The smallest absolute Gasteiger partial charge is 0.128 e. The van der Waals surface area contributed by atoms with Crippen LogP contribution in [0.1, 0.15) is 5.56 Å². The number of hydrogen-bond donors (Lipinski definition) is 1. The zero-order valence-electron chi connectivity index (χ0n) is 12.9. The van der Waals surface area contributed by atoms with Crippen molar-refractivity contribution in [2.45, 2.75) is 12.7 Å². The van der Waals surface area contributed by atoms with Gasteiger partial charge in [-0.15, -0.1) is 0 Å². The van der Waals surface area contributed by atoms with Crippen LogP contribution in [0.15, 0.2) is 54.9 Å². The fourth-order valence-corrected chi connectivity index (χ4v) is 2.19. The number of hydrogen-bond acceptors (Lipinski definition) is 5. The normalized spacial score (nSPS) is 12.2. The molecular weight excluding hydrogens is 311 g/mol. The van der Waals surface area contributed by atoms with E-state index < -0.39 is 6.10 Å². The van der Waals surface area contributed by atoms with Gasteiger partial charge < -0.3 is 14.6 Å². The van der Waals surface area contributed by atoms with E-state index in [0.717, 1.165) is 11.0 Å². The zero-order chi connectivity index (χ0) is 16.8. The topological polar surface area (TPSA) is 64.5 Å². The van der Waals surface area contributed by atoms with Crippen molar-refractivity contribution in [2.75, 3.05) is 13.2 Å². The number of aliphatic hydroxyl groups excluding tert-OH is 1. The molecule has 0 fully saturated rings. The number of ether oxygens (including phenoxy) is 2. The molecule has 24 heavy (non-hydrogen) atoms. The van der Waals surface area contributed by atoms with Crippen molar-refractivity contribution in [3.8, 4) is 5.75 Å². The van der Waals surface area contributed by atoms with Gasteiger partial charge in [0.15, 0.2) is 0 Å². The largest absolute Gasteiger partial charge is 0.491 e. The van der Waals surface area contributed by atoms with Crippen LogP contribution in [0.3, 0.4) is 0 Å². The minimum atomic E-state index is -0.811. The van der Waals surface area contributed by atoms with Gasteiger partial charge in [-0.2, -0.15) is 0 Å². The molecule has 1 aromatic heterocycles. The Bertz CT molecular complexity index is 813. The van der Waals surface area contributed by atoms with Crippen LogP contribution in [0.4, 0.5) is 4.39 Å². The quantitative estimate of drug-likeness (QED) is 0.722. The molecule has 0 saturated carbocycles. The predicted molar refractivity (Wildman–Crippen MR) is 87.1 cm³/mol. The highest BCUT2D eigenvalue weighted by Gasteiger charge is 2.08. The lowest BCUT2D eigenvalue weighted by molar-refractivity contribution is 0.00478. The molecule has 0 saturated heterocycles. The third kappa shape index (κ3) is 4.24. The van der Waals surface area contributed by atoms with Crippen molar-refractivity contribution in [2.24, 2.45) is 0 Å². The Morgan fingerprint density at radius 1 is 1.00 bits per heavy atom. The SMILES string of the molecule is OC(COCc1ccccc1F)COc1ccc2nccnc2c1. The van der Waals surface area contributed by atoms with Crippen molar-refractivity contribution < 1.29 is 19.0 Å². The van der Waals surface area contributed by atoms with Gasteiger partial charge in [-0.3, -0.25) is 9.97 Å². The number of aromatic nitrogens is 2. The predicted octanol–water partition coefficient (Wildman–Crippen LogP) is 2.73. The van der Waals surface area contributed by atoms with Gasteiger partial charge in [0, 0.05) is 24.0 Å². The molecule has 0 aliphatic carbocycles. The minimum absolute atomic E-state index is 0.0573. The maximum atomic E-state index is 13.4. The Balaban J connectivity index is 1.46. The lowest BCUT2D eigenvalue weighted by Crippen LogP contribution is -2.23. The summed E-state index contributed by atoms with van der Waals surface area (Å²) in [7, 11) is 0. The van der Waals surface area contributed by atoms with E-state index in [1.807, 2.05) is 0 Å². The molecule has 5 nitrogen and oxygen atoms in total. The molecule has 0 spiro atoms. The second kappa shape index (κ2) is 7.81. The third-order valence-corrected chi connectivity index (χ3v) is 3.41. The lowest BCUT2D eigenvalue weighted by Gasteiger charge is -2.13. The maximum Gasteiger partial charge on any atom is 0.128 e. The average Bonchev–Trinajstić information content (AvgIpc) is 2.61. The van der Waals surface area contributed by atoms with Crippen LogP contribution in [0.25, 0.3) is 11.0 Å².